The average molecular weight is 254 g/mol. The highest BCUT2D eigenvalue weighted by atomic mass is 15.2. The molecule has 4 unspecified atom stereocenters. The lowest BCUT2D eigenvalue weighted by molar-refractivity contribution is 0.0693. The molecule has 1 aliphatic carbocycles. The predicted octanol–water partition coefficient (Wildman–Crippen LogP) is 3.65. The molecule has 1 aliphatic rings. The first-order valence-electron chi connectivity index (χ1n) is 8.05. The van der Waals surface area contributed by atoms with E-state index in [1.54, 1.807) is 0 Å². The van der Waals surface area contributed by atoms with Gasteiger partial charge < -0.3 is 10.6 Å². The molecular formula is C16H34N2. The van der Waals surface area contributed by atoms with Gasteiger partial charge in [0.1, 0.15) is 0 Å². The van der Waals surface area contributed by atoms with Crippen molar-refractivity contribution in [3.63, 3.8) is 0 Å². The van der Waals surface area contributed by atoms with Crippen LogP contribution in [0.1, 0.15) is 65.7 Å². The summed E-state index contributed by atoms with van der Waals surface area (Å²) >= 11 is 0. The van der Waals surface area contributed by atoms with Gasteiger partial charge in [0.25, 0.3) is 0 Å². The van der Waals surface area contributed by atoms with Gasteiger partial charge in [-0.25, -0.2) is 0 Å². The van der Waals surface area contributed by atoms with Crippen molar-refractivity contribution >= 4 is 0 Å². The van der Waals surface area contributed by atoms with Gasteiger partial charge in [0, 0.05) is 12.1 Å². The first-order valence-corrected chi connectivity index (χ1v) is 8.05. The van der Waals surface area contributed by atoms with E-state index in [-0.39, 0.29) is 0 Å². The van der Waals surface area contributed by atoms with Gasteiger partial charge in [-0.3, -0.25) is 0 Å². The topological polar surface area (TPSA) is 29.3 Å². The van der Waals surface area contributed by atoms with Gasteiger partial charge in [-0.2, -0.15) is 0 Å². The number of rotatable bonds is 7. The van der Waals surface area contributed by atoms with E-state index in [9.17, 15) is 0 Å². The molecule has 1 fully saturated rings. The van der Waals surface area contributed by atoms with Crippen LogP contribution in [-0.2, 0) is 0 Å². The fourth-order valence-corrected chi connectivity index (χ4v) is 3.69. The van der Waals surface area contributed by atoms with E-state index in [1.165, 1.54) is 44.9 Å². The van der Waals surface area contributed by atoms with Gasteiger partial charge in [-0.1, -0.05) is 39.5 Å². The number of nitrogens with two attached hydrogens (primary N) is 1. The molecule has 0 aliphatic heterocycles. The Balaban J connectivity index is 2.61. The van der Waals surface area contributed by atoms with Gasteiger partial charge in [-0.15, -0.1) is 0 Å². The molecule has 2 nitrogen and oxygen atoms in total. The van der Waals surface area contributed by atoms with Crippen LogP contribution in [0.2, 0.25) is 0 Å². The molecule has 2 heteroatoms. The first kappa shape index (κ1) is 16.0. The highest BCUT2D eigenvalue weighted by Gasteiger charge is 2.33. The lowest BCUT2D eigenvalue weighted by atomic mass is 9.75. The summed E-state index contributed by atoms with van der Waals surface area (Å²) in [6, 6.07) is 1.43. The molecule has 18 heavy (non-hydrogen) atoms. The standard InChI is InChI=1S/C16H34N2/c1-5-7-13(3)18(4)16-11-14(8-6-2)9-10-15(16)12-17/h13-16H,5-12,17H2,1-4H3. The maximum Gasteiger partial charge on any atom is 0.0138 e. The molecule has 1 rings (SSSR count). The Bertz CT molecular complexity index is 213. The fraction of sp³-hybridized carbons (Fsp3) is 1.00. The molecule has 1 saturated carbocycles. The van der Waals surface area contributed by atoms with Crippen LogP contribution in [0, 0.1) is 11.8 Å². The van der Waals surface area contributed by atoms with Crippen molar-refractivity contribution < 1.29 is 0 Å². The van der Waals surface area contributed by atoms with Crippen LogP contribution in [0.15, 0.2) is 0 Å². The molecule has 4 atom stereocenters. The molecule has 0 heterocycles. The molecule has 0 aromatic rings. The zero-order valence-corrected chi connectivity index (χ0v) is 13.0. The van der Waals surface area contributed by atoms with Crippen molar-refractivity contribution in [1.82, 2.24) is 4.90 Å². The minimum atomic E-state index is 0.703. The molecule has 0 saturated heterocycles. The van der Waals surface area contributed by atoms with Gasteiger partial charge in [0.05, 0.1) is 0 Å². The van der Waals surface area contributed by atoms with Crippen molar-refractivity contribution in [3.8, 4) is 0 Å². The summed E-state index contributed by atoms with van der Waals surface area (Å²) < 4.78 is 0. The molecule has 0 amide bonds. The minimum Gasteiger partial charge on any atom is -0.330 e. The molecule has 2 N–H and O–H groups in total. The van der Waals surface area contributed by atoms with E-state index in [0.717, 1.165) is 24.4 Å². The first-order chi connectivity index (χ1) is 8.63. The molecule has 0 spiro atoms. The zero-order chi connectivity index (χ0) is 13.5. The Kier molecular flexibility index (Phi) is 7.25. The number of hydrogen-bond acceptors (Lipinski definition) is 2. The summed E-state index contributed by atoms with van der Waals surface area (Å²) in [4.78, 5) is 2.63. The summed E-state index contributed by atoms with van der Waals surface area (Å²) in [5, 5.41) is 0. The second-order valence-corrected chi connectivity index (χ2v) is 6.33. The monoisotopic (exact) mass is 254 g/mol. The summed E-state index contributed by atoms with van der Waals surface area (Å²) in [5.74, 6) is 1.67. The predicted molar refractivity (Wildman–Crippen MR) is 80.7 cm³/mol. The Morgan fingerprint density at radius 2 is 1.94 bits per heavy atom. The summed E-state index contributed by atoms with van der Waals surface area (Å²) in [6.45, 7) is 7.84. The molecule has 0 bridgehead atoms. The van der Waals surface area contributed by atoms with Crippen LogP contribution in [0.4, 0.5) is 0 Å². The molecular weight excluding hydrogens is 220 g/mol. The van der Waals surface area contributed by atoms with Gasteiger partial charge in [0.2, 0.25) is 0 Å². The van der Waals surface area contributed by atoms with Crippen molar-refractivity contribution in [2.75, 3.05) is 13.6 Å². The lowest BCUT2D eigenvalue weighted by Gasteiger charge is -2.43. The van der Waals surface area contributed by atoms with E-state index >= 15 is 0 Å². The van der Waals surface area contributed by atoms with Crippen LogP contribution in [0.25, 0.3) is 0 Å². The molecule has 0 aromatic heterocycles. The van der Waals surface area contributed by atoms with Crippen LogP contribution in [-0.4, -0.2) is 30.6 Å². The lowest BCUT2D eigenvalue weighted by Crippen LogP contribution is -2.48. The number of hydrogen-bond donors (Lipinski definition) is 1. The molecule has 0 aromatic carbocycles. The van der Waals surface area contributed by atoms with E-state index in [1.807, 2.05) is 0 Å². The normalized spacial score (nSPS) is 30.7. The van der Waals surface area contributed by atoms with Gasteiger partial charge >= 0.3 is 0 Å². The zero-order valence-electron chi connectivity index (χ0n) is 13.0. The van der Waals surface area contributed by atoms with Crippen molar-refractivity contribution in [1.29, 1.82) is 0 Å². The van der Waals surface area contributed by atoms with Crippen molar-refractivity contribution in [2.45, 2.75) is 77.8 Å². The summed E-state index contributed by atoms with van der Waals surface area (Å²) in [7, 11) is 2.32. The second-order valence-electron chi connectivity index (χ2n) is 6.33. The van der Waals surface area contributed by atoms with Crippen LogP contribution in [0.5, 0.6) is 0 Å². The minimum absolute atomic E-state index is 0.703. The van der Waals surface area contributed by atoms with Crippen LogP contribution in [0.3, 0.4) is 0 Å². The maximum absolute atomic E-state index is 6.00. The number of nitrogens with zero attached hydrogens (tertiary/aromatic N) is 1. The third kappa shape index (κ3) is 4.24. The fourth-order valence-electron chi connectivity index (χ4n) is 3.69. The highest BCUT2D eigenvalue weighted by molar-refractivity contribution is 4.88. The highest BCUT2D eigenvalue weighted by Crippen LogP contribution is 2.34. The van der Waals surface area contributed by atoms with E-state index in [4.69, 9.17) is 5.73 Å². The van der Waals surface area contributed by atoms with E-state index < -0.39 is 0 Å². The summed E-state index contributed by atoms with van der Waals surface area (Å²) in [6.07, 6.45) is 9.45. The van der Waals surface area contributed by atoms with Gasteiger partial charge in [-0.05, 0) is 51.6 Å². The Morgan fingerprint density at radius 1 is 1.22 bits per heavy atom. The third-order valence-electron chi connectivity index (χ3n) is 4.99. The van der Waals surface area contributed by atoms with E-state index in [2.05, 4.69) is 32.7 Å². The van der Waals surface area contributed by atoms with Gasteiger partial charge in [0.15, 0.2) is 0 Å². The van der Waals surface area contributed by atoms with Crippen LogP contribution < -0.4 is 5.73 Å². The third-order valence-corrected chi connectivity index (χ3v) is 4.99. The van der Waals surface area contributed by atoms with Crippen LogP contribution >= 0.6 is 0 Å². The maximum atomic E-state index is 6.00. The SMILES string of the molecule is CCCC1CCC(CN)C(N(C)C(C)CCC)C1. The largest absolute Gasteiger partial charge is 0.330 e. The quantitative estimate of drug-likeness (QED) is 0.751. The Hall–Kier alpha value is -0.0800. The van der Waals surface area contributed by atoms with E-state index in [0.29, 0.717) is 6.04 Å². The Labute approximate surface area is 114 Å². The Morgan fingerprint density at radius 3 is 2.50 bits per heavy atom. The summed E-state index contributed by atoms with van der Waals surface area (Å²) in [5.41, 5.74) is 6.00. The molecule has 0 radical (unpaired) electrons. The van der Waals surface area contributed by atoms with Crippen molar-refractivity contribution in [3.05, 3.63) is 0 Å². The smallest absolute Gasteiger partial charge is 0.0138 e. The second kappa shape index (κ2) is 8.16. The average Bonchev–Trinajstić information content (AvgIpc) is 2.38. The molecule has 108 valence electrons. The van der Waals surface area contributed by atoms with Crippen molar-refractivity contribution in [2.24, 2.45) is 17.6 Å².